The zero-order valence-corrected chi connectivity index (χ0v) is 50.7. The predicted octanol–water partition coefficient (Wildman–Crippen LogP) is 14.4. The minimum Gasteiger partial charge on any atom is -0.508 e. The lowest BCUT2D eigenvalue weighted by Gasteiger charge is -2.53. The number of esters is 2. The number of hydrogen-bond donors (Lipinski definition) is 4. The number of carbonyl (C=O) groups is 2. The van der Waals surface area contributed by atoms with Crippen molar-refractivity contribution in [1.82, 2.24) is 0 Å². The van der Waals surface area contributed by atoms with Crippen LogP contribution in [0.15, 0.2) is 84.9 Å². The summed E-state index contributed by atoms with van der Waals surface area (Å²) >= 11 is 0. The van der Waals surface area contributed by atoms with Gasteiger partial charge >= 0.3 is 11.9 Å². The molecule has 4 N–H and O–H groups in total. The molecule has 8 fully saturated rings. The summed E-state index contributed by atoms with van der Waals surface area (Å²) < 4.78 is 37.4. The monoisotopic (exact) mass is 1150 g/mol. The van der Waals surface area contributed by atoms with Crippen molar-refractivity contribution in [2.24, 2.45) is 47.3 Å². The van der Waals surface area contributed by atoms with Crippen molar-refractivity contribution in [3.63, 3.8) is 0 Å². The Kier molecular flexibility index (Phi) is 16.5. The maximum absolute atomic E-state index is 13.7. The van der Waals surface area contributed by atoms with E-state index in [4.69, 9.17) is 28.4 Å². The van der Waals surface area contributed by atoms with Crippen molar-refractivity contribution in [1.29, 1.82) is 0 Å². The number of ether oxygens (including phenoxy) is 6. The first-order chi connectivity index (χ1) is 40.8. The van der Waals surface area contributed by atoms with Gasteiger partial charge in [-0.2, -0.15) is 0 Å². The molecule has 0 spiro atoms. The van der Waals surface area contributed by atoms with E-state index in [-0.39, 0.29) is 62.0 Å². The van der Waals surface area contributed by atoms with E-state index in [1.165, 1.54) is 64.2 Å². The molecular formula is C73H84O12. The standard InChI is InChI=1S/C73H84O12/c1-38-17-62(74)42(5)13-56(38)70(57-14-43(6)63(75)18-39(57)2)60-32-46(9-11-66(60)80-34-68(78)82-36-84-72-52-24-48-22-49(26-52)27-53(72)25-48)21-47-10-12-67(81-35-69(79)83-37-85-73-54-28-50-23-51(30-54)31-55(73)29-50)61(33-47)71(58-15-44(7)64(76)19-40(58)3)59-16-45(8)65(77)20-41(59)4/h9-20,32-33,48-55,70-77H,21-31,34-37H2,1-8H3. The highest BCUT2D eigenvalue weighted by Crippen LogP contribution is 2.56. The van der Waals surface area contributed by atoms with Gasteiger partial charge in [0.2, 0.25) is 0 Å². The van der Waals surface area contributed by atoms with E-state index in [1.807, 2.05) is 104 Å². The fourth-order valence-electron chi connectivity index (χ4n) is 16.9. The van der Waals surface area contributed by atoms with Gasteiger partial charge in [-0.1, -0.05) is 48.5 Å². The van der Waals surface area contributed by atoms with E-state index >= 15 is 0 Å². The molecule has 0 amide bonds. The van der Waals surface area contributed by atoms with Crippen molar-refractivity contribution < 1.29 is 58.4 Å². The van der Waals surface area contributed by atoms with E-state index in [0.717, 1.165) is 90.4 Å². The largest absolute Gasteiger partial charge is 0.508 e. The van der Waals surface area contributed by atoms with Crippen molar-refractivity contribution >= 4 is 11.9 Å². The van der Waals surface area contributed by atoms with Crippen LogP contribution in [0.3, 0.4) is 0 Å². The fraction of sp³-hybridized carbons (Fsp3) is 0.479. The average molecular weight is 1150 g/mol. The van der Waals surface area contributed by atoms with Crippen LogP contribution in [0.2, 0.25) is 0 Å². The maximum atomic E-state index is 13.7. The Hall–Kier alpha value is -7.02. The van der Waals surface area contributed by atoms with Gasteiger partial charge < -0.3 is 48.8 Å². The number of phenols is 4. The summed E-state index contributed by atoms with van der Waals surface area (Å²) in [6.07, 6.45) is 12.9. The lowest BCUT2D eigenvalue weighted by molar-refractivity contribution is -0.188. The highest BCUT2D eigenvalue weighted by atomic mass is 16.7. The Labute approximate surface area is 500 Å². The van der Waals surface area contributed by atoms with Crippen LogP contribution >= 0.6 is 0 Å². The second-order valence-electron chi connectivity index (χ2n) is 26.7. The van der Waals surface area contributed by atoms with Gasteiger partial charge in [0.15, 0.2) is 26.8 Å². The molecule has 0 saturated heterocycles. The second-order valence-corrected chi connectivity index (χ2v) is 26.7. The SMILES string of the molecule is Cc1cc(C(c2cc(C)c(O)cc2C)c2cc(Cc3ccc(OCC(=O)OCOC4C5CC6CC(C5)CC4C6)c(C(c4cc(C)c(O)cc4C)c4cc(C)c(O)cc4C)c3)ccc2OCC(=O)OCOC2C3CC4CC(C3)CC2C4)c(C)cc1O. The van der Waals surface area contributed by atoms with Crippen LogP contribution in [-0.2, 0) is 35.0 Å². The molecule has 0 aliphatic heterocycles. The predicted molar refractivity (Wildman–Crippen MR) is 325 cm³/mol. The molecule has 0 aromatic heterocycles. The van der Waals surface area contributed by atoms with Gasteiger partial charge in [0.1, 0.15) is 34.5 Å². The molecule has 8 aliphatic carbocycles. The lowest BCUT2D eigenvalue weighted by Crippen LogP contribution is -2.49. The van der Waals surface area contributed by atoms with Crippen LogP contribution in [0.4, 0.5) is 0 Å². The van der Waals surface area contributed by atoms with E-state index in [9.17, 15) is 30.0 Å². The fourth-order valence-corrected chi connectivity index (χ4v) is 16.9. The van der Waals surface area contributed by atoms with Crippen molar-refractivity contribution in [2.75, 3.05) is 26.8 Å². The number of benzene rings is 6. The second kappa shape index (κ2) is 24.0. The van der Waals surface area contributed by atoms with Crippen LogP contribution in [0.25, 0.3) is 0 Å². The van der Waals surface area contributed by atoms with E-state index < -0.39 is 23.8 Å². The first-order valence-electron chi connectivity index (χ1n) is 31.1. The van der Waals surface area contributed by atoms with Gasteiger partial charge in [0.05, 0.1) is 12.2 Å². The molecule has 6 aromatic carbocycles. The summed E-state index contributed by atoms with van der Waals surface area (Å²) in [4.78, 5) is 27.4. The smallest absolute Gasteiger partial charge is 0.346 e. The van der Waals surface area contributed by atoms with Crippen LogP contribution in [0.5, 0.6) is 34.5 Å². The normalized spacial score (nSPS) is 24.4. The molecule has 12 nitrogen and oxygen atoms in total. The van der Waals surface area contributed by atoms with Gasteiger partial charge in [-0.15, -0.1) is 0 Å². The molecule has 8 bridgehead atoms. The Morgan fingerprint density at radius 1 is 0.388 bits per heavy atom. The summed E-state index contributed by atoms with van der Waals surface area (Å²) in [5.74, 6) is 4.93. The van der Waals surface area contributed by atoms with Crippen LogP contribution < -0.4 is 9.47 Å². The van der Waals surface area contributed by atoms with Crippen molar-refractivity contribution in [3.8, 4) is 34.5 Å². The molecule has 85 heavy (non-hydrogen) atoms. The minimum atomic E-state index is -0.537. The molecule has 6 aromatic rings. The number of aromatic hydroxyl groups is 4. The highest BCUT2D eigenvalue weighted by molar-refractivity contribution is 5.72. The Morgan fingerprint density at radius 3 is 0.976 bits per heavy atom. The molecule has 8 saturated carbocycles. The van der Waals surface area contributed by atoms with Crippen molar-refractivity contribution in [2.45, 2.75) is 150 Å². The maximum Gasteiger partial charge on any atom is 0.346 e. The molecule has 0 unspecified atom stereocenters. The number of carbonyl (C=O) groups excluding carboxylic acids is 2. The zero-order chi connectivity index (χ0) is 59.5. The lowest BCUT2D eigenvalue weighted by atomic mass is 9.55. The number of phenolic OH excluding ortho intramolecular Hbond substituents is 4. The van der Waals surface area contributed by atoms with Gasteiger partial charge in [-0.05, 0) is 288 Å². The van der Waals surface area contributed by atoms with E-state index in [1.54, 1.807) is 24.3 Å². The quantitative estimate of drug-likeness (QED) is 0.0325. The number of aryl methyl sites for hydroxylation is 8. The zero-order valence-electron chi connectivity index (χ0n) is 50.7. The third kappa shape index (κ3) is 12.1. The molecule has 0 atom stereocenters. The highest BCUT2D eigenvalue weighted by Gasteiger charge is 2.50. The summed E-state index contributed by atoms with van der Waals surface area (Å²) in [6, 6.07) is 27.2. The molecular weight excluding hydrogens is 1070 g/mol. The molecule has 8 aliphatic rings. The first kappa shape index (κ1) is 58.4. The van der Waals surface area contributed by atoms with Crippen LogP contribution in [0, 0.1) is 103 Å². The summed E-state index contributed by atoms with van der Waals surface area (Å²) in [7, 11) is 0. The molecule has 12 heteroatoms. The Balaban J connectivity index is 0.886. The topological polar surface area (TPSA) is 170 Å². The van der Waals surface area contributed by atoms with E-state index in [2.05, 4.69) is 12.1 Å². The molecule has 0 heterocycles. The Bertz CT molecular complexity index is 3120. The minimum absolute atomic E-state index is 0.118. The van der Waals surface area contributed by atoms with Gasteiger partial charge in [0.25, 0.3) is 0 Å². The molecule has 0 radical (unpaired) electrons. The summed E-state index contributed by atoms with van der Waals surface area (Å²) in [5, 5.41) is 44.0. The van der Waals surface area contributed by atoms with Crippen LogP contribution in [0.1, 0.15) is 165 Å². The molecule has 448 valence electrons. The average Bonchev–Trinajstić information content (AvgIpc) is 2.82. The number of hydrogen-bond acceptors (Lipinski definition) is 12. The molecule has 14 rings (SSSR count). The summed E-state index contributed by atoms with van der Waals surface area (Å²) in [5.41, 5.74) is 13.2. The first-order valence-corrected chi connectivity index (χ1v) is 31.1. The van der Waals surface area contributed by atoms with Crippen LogP contribution in [-0.4, -0.2) is 71.4 Å². The number of rotatable bonds is 20. The van der Waals surface area contributed by atoms with Gasteiger partial charge in [0, 0.05) is 23.0 Å². The third-order valence-electron chi connectivity index (χ3n) is 20.7. The van der Waals surface area contributed by atoms with Gasteiger partial charge in [-0.3, -0.25) is 0 Å². The van der Waals surface area contributed by atoms with E-state index in [0.29, 0.717) is 63.8 Å². The van der Waals surface area contributed by atoms with Gasteiger partial charge in [-0.25, -0.2) is 9.59 Å². The van der Waals surface area contributed by atoms with Crippen molar-refractivity contribution in [3.05, 3.63) is 174 Å². The third-order valence-corrected chi connectivity index (χ3v) is 20.7. The Morgan fingerprint density at radius 2 is 0.682 bits per heavy atom. The summed E-state index contributed by atoms with van der Waals surface area (Å²) in [6.45, 7) is 14.5.